The standard InChI is InChI=1S/C7H6N4O2S/c12-14(13)7-9-5-11(10-7)6-3-1-2-4-8-6/h1-5H,(H,12,13)/p-1. The fourth-order valence-electron chi connectivity index (χ4n) is 0.924. The molecule has 7 heteroatoms. The molecule has 1 unspecified atom stereocenters. The van der Waals surface area contributed by atoms with E-state index in [1.54, 1.807) is 24.4 Å². The number of pyridine rings is 1. The van der Waals surface area contributed by atoms with Gasteiger partial charge in [-0.25, -0.2) is 14.6 Å². The van der Waals surface area contributed by atoms with Crippen LogP contribution in [0.4, 0.5) is 0 Å². The van der Waals surface area contributed by atoms with Gasteiger partial charge in [0.05, 0.1) is 0 Å². The summed E-state index contributed by atoms with van der Waals surface area (Å²) in [6.07, 6.45) is 2.89. The van der Waals surface area contributed by atoms with Crippen molar-refractivity contribution >= 4 is 11.1 Å². The second kappa shape index (κ2) is 3.64. The van der Waals surface area contributed by atoms with Crippen LogP contribution in [0.3, 0.4) is 0 Å². The van der Waals surface area contributed by atoms with Crippen LogP contribution in [0.25, 0.3) is 5.82 Å². The van der Waals surface area contributed by atoms with Gasteiger partial charge >= 0.3 is 0 Å². The van der Waals surface area contributed by atoms with Crippen molar-refractivity contribution < 1.29 is 8.76 Å². The summed E-state index contributed by atoms with van der Waals surface area (Å²) in [7, 11) is 0. The fraction of sp³-hybridized carbons (Fsp3) is 0. The minimum Gasteiger partial charge on any atom is -0.766 e. The lowest BCUT2D eigenvalue weighted by molar-refractivity contribution is 0.528. The smallest absolute Gasteiger partial charge is 0.225 e. The third kappa shape index (κ3) is 1.68. The molecule has 2 rings (SSSR count). The predicted molar refractivity (Wildman–Crippen MR) is 46.3 cm³/mol. The zero-order chi connectivity index (χ0) is 9.97. The zero-order valence-corrected chi connectivity index (χ0v) is 7.72. The van der Waals surface area contributed by atoms with Crippen molar-refractivity contribution in [2.45, 2.75) is 5.16 Å². The van der Waals surface area contributed by atoms with Crippen LogP contribution in [0.1, 0.15) is 0 Å². The Morgan fingerprint density at radius 3 is 2.79 bits per heavy atom. The number of hydrogen-bond donors (Lipinski definition) is 0. The molecule has 2 aromatic rings. The van der Waals surface area contributed by atoms with Gasteiger partial charge in [0.1, 0.15) is 6.33 Å². The molecule has 0 aliphatic rings. The number of aromatic nitrogens is 4. The summed E-state index contributed by atoms with van der Waals surface area (Å²) in [5.41, 5.74) is 0. The monoisotopic (exact) mass is 209 g/mol. The van der Waals surface area contributed by atoms with Crippen LogP contribution in [0.5, 0.6) is 0 Å². The summed E-state index contributed by atoms with van der Waals surface area (Å²) < 4.78 is 22.3. The van der Waals surface area contributed by atoms with Gasteiger partial charge in [-0.1, -0.05) is 6.07 Å². The van der Waals surface area contributed by atoms with E-state index in [1.807, 2.05) is 0 Å². The molecule has 0 aromatic carbocycles. The maximum absolute atomic E-state index is 10.5. The van der Waals surface area contributed by atoms with Crippen LogP contribution in [-0.4, -0.2) is 28.5 Å². The molecule has 72 valence electrons. The molecule has 0 radical (unpaired) electrons. The van der Waals surface area contributed by atoms with E-state index in [4.69, 9.17) is 0 Å². The Hall–Kier alpha value is -1.60. The molecule has 0 amide bonds. The highest BCUT2D eigenvalue weighted by Crippen LogP contribution is 2.02. The third-order valence-electron chi connectivity index (χ3n) is 1.50. The van der Waals surface area contributed by atoms with E-state index in [9.17, 15) is 8.76 Å². The van der Waals surface area contributed by atoms with E-state index in [0.717, 1.165) is 0 Å². The van der Waals surface area contributed by atoms with Gasteiger partial charge in [-0.15, -0.1) is 5.10 Å². The summed E-state index contributed by atoms with van der Waals surface area (Å²) in [6.45, 7) is 0. The van der Waals surface area contributed by atoms with Crippen molar-refractivity contribution in [1.29, 1.82) is 0 Å². The second-order valence-corrected chi connectivity index (χ2v) is 3.23. The Labute approximate surface area is 81.9 Å². The Morgan fingerprint density at radius 2 is 2.21 bits per heavy atom. The first-order valence-corrected chi connectivity index (χ1v) is 4.77. The highest BCUT2D eigenvalue weighted by Gasteiger charge is 2.02. The average Bonchev–Trinajstić information content (AvgIpc) is 2.68. The van der Waals surface area contributed by atoms with E-state index >= 15 is 0 Å². The van der Waals surface area contributed by atoms with Crippen LogP contribution < -0.4 is 0 Å². The van der Waals surface area contributed by atoms with Crippen LogP contribution in [0.2, 0.25) is 0 Å². The summed E-state index contributed by atoms with van der Waals surface area (Å²) in [4.78, 5) is 7.57. The van der Waals surface area contributed by atoms with E-state index < -0.39 is 11.1 Å². The molecule has 1 atom stereocenters. The first-order valence-electron chi connectivity index (χ1n) is 3.70. The highest BCUT2D eigenvalue weighted by atomic mass is 32.2. The van der Waals surface area contributed by atoms with Gasteiger partial charge in [0.2, 0.25) is 5.16 Å². The van der Waals surface area contributed by atoms with Crippen LogP contribution in [-0.2, 0) is 11.1 Å². The van der Waals surface area contributed by atoms with Gasteiger partial charge in [0, 0.05) is 17.3 Å². The van der Waals surface area contributed by atoms with Crippen molar-refractivity contribution in [3.63, 3.8) is 0 Å². The summed E-state index contributed by atoms with van der Waals surface area (Å²) in [6, 6.07) is 5.23. The zero-order valence-electron chi connectivity index (χ0n) is 6.90. The van der Waals surface area contributed by atoms with Crippen molar-refractivity contribution in [3.8, 4) is 5.82 Å². The molecule has 6 nitrogen and oxygen atoms in total. The lowest BCUT2D eigenvalue weighted by atomic mass is 10.5. The molecular weight excluding hydrogens is 204 g/mol. The van der Waals surface area contributed by atoms with Gasteiger partial charge in [-0.3, -0.25) is 4.21 Å². The highest BCUT2D eigenvalue weighted by molar-refractivity contribution is 7.78. The van der Waals surface area contributed by atoms with E-state index in [-0.39, 0.29) is 5.16 Å². The Kier molecular flexibility index (Phi) is 2.33. The van der Waals surface area contributed by atoms with Gasteiger partial charge in [0.25, 0.3) is 0 Å². The molecular formula is C7H5N4O2S-. The second-order valence-electron chi connectivity index (χ2n) is 2.39. The van der Waals surface area contributed by atoms with E-state index in [1.165, 1.54) is 11.0 Å². The lowest BCUT2D eigenvalue weighted by Gasteiger charge is -1.98. The molecule has 0 aliphatic carbocycles. The summed E-state index contributed by atoms with van der Waals surface area (Å²) in [5.74, 6) is 0.525. The maximum Gasteiger partial charge on any atom is 0.225 e. The Morgan fingerprint density at radius 1 is 1.36 bits per heavy atom. The minimum absolute atomic E-state index is 0.240. The molecule has 0 fully saturated rings. The largest absolute Gasteiger partial charge is 0.766 e. The third-order valence-corrected chi connectivity index (χ3v) is 1.99. The quantitative estimate of drug-likeness (QED) is 0.645. The van der Waals surface area contributed by atoms with Crippen LogP contribution in [0.15, 0.2) is 35.9 Å². The van der Waals surface area contributed by atoms with E-state index in [2.05, 4.69) is 15.1 Å². The average molecular weight is 209 g/mol. The van der Waals surface area contributed by atoms with Crippen molar-refractivity contribution in [3.05, 3.63) is 30.7 Å². The molecule has 0 spiro atoms. The molecule has 0 aliphatic heterocycles. The number of hydrogen-bond acceptors (Lipinski definition) is 5. The Bertz CT molecular complexity index is 456. The molecule has 2 aromatic heterocycles. The van der Waals surface area contributed by atoms with Gasteiger partial charge in [-0.2, -0.15) is 0 Å². The van der Waals surface area contributed by atoms with Crippen molar-refractivity contribution in [2.75, 3.05) is 0 Å². The summed E-state index contributed by atoms with van der Waals surface area (Å²) in [5, 5.41) is 3.47. The first-order chi connectivity index (χ1) is 6.77. The van der Waals surface area contributed by atoms with Crippen molar-refractivity contribution in [1.82, 2.24) is 19.7 Å². The minimum atomic E-state index is -2.40. The van der Waals surface area contributed by atoms with Crippen LogP contribution >= 0.6 is 0 Å². The van der Waals surface area contributed by atoms with Gasteiger partial charge in [-0.05, 0) is 12.1 Å². The molecule has 14 heavy (non-hydrogen) atoms. The number of rotatable bonds is 2. The van der Waals surface area contributed by atoms with Gasteiger partial charge in [0.15, 0.2) is 5.82 Å². The Balaban J connectivity index is 2.39. The SMILES string of the molecule is O=S([O-])c1ncn(-c2ccccn2)n1. The molecule has 2 heterocycles. The fourth-order valence-corrected chi connectivity index (χ4v) is 1.21. The molecule has 0 N–H and O–H groups in total. The normalized spacial score (nSPS) is 12.6. The van der Waals surface area contributed by atoms with E-state index in [0.29, 0.717) is 5.82 Å². The first kappa shape index (κ1) is 8.97. The van der Waals surface area contributed by atoms with Gasteiger partial charge < -0.3 is 4.55 Å². The lowest BCUT2D eigenvalue weighted by Crippen LogP contribution is -1.99. The molecule has 0 saturated heterocycles. The predicted octanol–water partition coefficient (Wildman–Crippen LogP) is -0.0997. The summed E-state index contributed by atoms with van der Waals surface area (Å²) >= 11 is -2.40. The molecule has 0 bridgehead atoms. The number of nitrogens with zero attached hydrogens (tertiary/aromatic N) is 4. The van der Waals surface area contributed by atoms with Crippen molar-refractivity contribution in [2.24, 2.45) is 0 Å². The topological polar surface area (TPSA) is 83.7 Å². The molecule has 0 saturated carbocycles. The maximum atomic E-state index is 10.5. The van der Waals surface area contributed by atoms with Crippen LogP contribution in [0, 0.1) is 0 Å².